The molecule has 33 heavy (non-hydrogen) atoms. The first-order chi connectivity index (χ1) is 16.1. The Morgan fingerprint density at radius 1 is 0.939 bits per heavy atom. The molecule has 4 rings (SSSR count). The van der Waals surface area contributed by atoms with Crippen molar-refractivity contribution in [1.82, 2.24) is 19.5 Å². The van der Waals surface area contributed by atoms with Crippen LogP contribution >= 0.6 is 11.8 Å². The summed E-state index contributed by atoms with van der Waals surface area (Å²) in [5, 5.41) is 8.85. The number of aryl methyl sites for hydroxylation is 2. The standard InChI is InChI=1S/C23H25N5O4S/c1-29-15-6-8-17(31-3)19(12-15)33-23-26-20-21(24)25-13-28(22(20)27-23)10-9-14-5-7-16(30-2)18(11-14)32-4/h5-8,11-13,24H,9-10H2,1-4H3,(H,26,27). The molecule has 2 N–H and O–H groups in total. The van der Waals surface area contributed by atoms with E-state index in [2.05, 4.69) is 9.97 Å². The van der Waals surface area contributed by atoms with Crippen molar-refractivity contribution in [3.8, 4) is 23.0 Å². The maximum absolute atomic E-state index is 8.21. The number of rotatable bonds is 9. The molecule has 0 amide bonds. The lowest BCUT2D eigenvalue weighted by Gasteiger charge is -2.11. The van der Waals surface area contributed by atoms with Gasteiger partial charge in [-0.3, -0.25) is 5.41 Å². The van der Waals surface area contributed by atoms with Gasteiger partial charge in [0.05, 0.1) is 39.7 Å². The van der Waals surface area contributed by atoms with Crippen LogP contribution in [0.2, 0.25) is 0 Å². The predicted octanol–water partition coefficient (Wildman–Crippen LogP) is 3.67. The molecule has 0 fully saturated rings. The molecule has 9 nitrogen and oxygen atoms in total. The van der Waals surface area contributed by atoms with Gasteiger partial charge in [0.2, 0.25) is 0 Å². The summed E-state index contributed by atoms with van der Waals surface area (Å²) in [5.74, 6) is 2.82. The number of nitrogens with one attached hydrogen (secondary N) is 2. The third kappa shape index (κ3) is 4.75. The van der Waals surface area contributed by atoms with Crippen molar-refractivity contribution in [2.45, 2.75) is 23.0 Å². The van der Waals surface area contributed by atoms with Crippen molar-refractivity contribution in [2.75, 3.05) is 28.4 Å². The lowest BCUT2D eigenvalue weighted by molar-refractivity contribution is 0.354. The van der Waals surface area contributed by atoms with E-state index < -0.39 is 0 Å². The van der Waals surface area contributed by atoms with Gasteiger partial charge in [-0.15, -0.1) is 0 Å². The van der Waals surface area contributed by atoms with Crippen molar-refractivity contribution in [3.63, 3.8) is 0 Å². The second kappa shape index (κ2) is 9.86. The van der Waals surface area contributed by atoms with Gasteiger partial charge in [-0.2, -0.15) is 0 Å². The summed E-state index contributed by atoms with van der Waals surface area (Å²) < 4.78 is 23.5. The smallest absolute Gasteiger partial charge is 0.173 e. The highest BCUT2D eigenvalue weighted by Gasteiger charge is 2.14. The van der Waals surface area contributed by atoms with Crippen molar-refractivity contribution in [3.05, 3.63) is 53.8 Å². The van der Waals surface area contributed by atoms with Crippen molar-refractivity contribution in [2.24, 2.45) is 0 Å². The summed E-state index contributed by atoms with van der Waals surface area (Å²) in [4.78, 5) is 13.0. The zero-order chi connectivity index (χ0) is 23.4. The number of aromatic amines is 1. The van der Waals surface area contributed by atoms with Crippen molar-refractivity contribution < 1.29 is 18.9 Å². The number of nitrogens with zero attached hydrogens (tertiary/aromatic N) is 3. The third-order valence-electron chi connectivity index (χ3n) is 5.16. The fourth-order valence-corrected chi connectivity index (χ4v) is 4.35. The fraction of sp³-hybridized carbons (Fsp3) is 0.261. The summed E-state index contributed by atoms with van der Waals surface area (Å²) in [6.45, 7) is 0.636. The average Bonchev–Trinajstić information content (AvgIpc) is 3.28. The van der Waals surface area contributed by atoms with E-state index in [1.54, 1.807) is 34.8 Å². The summed E-state index contributed by atoms with van der Waals surface area (Å²) in [7, 11) is 6.48. The van der Waals surface area contributed by atoms with Gasteiger partial charge in [0, 0.05) is 6.54 Å². The zero-order valence-electron chi connectivity index (χ0n) is 18.8. The van der Waals surface area contributed by atoms with Crippen molar-refractivity contribution >= 4 is 22.9 Å². The van der Waals surface area contributed by atoms with E-state index in [9.17, 15) is 0 Å². The molecule has 0 unspecified atom stereocenters. The molecule has 0 atom stereocenters. The van der Waals surface area contributed by atoms with Crippen molar-refractivity contribution in [1.29, 1.82) is 5.41 Å². The highest BCUT2D eigenvalue weighted by Crippen LogP contribution is 2.36. The number of hydrogen-bond acceptors (Lipinski definition) is 8. The molecule has 10 heteroatoms. The molecule has 2 heterocycles. The molecule has 4 aromatic rings. The van der Waals surface area contributed by atoms with Gasteiger partial charge in [-0.05, 0) is 54.1 Å². The van der Waals surface area contributed by atoms with Crippen LogP contribution < -0.4 is 24.4 Å². The van der Waals surface area contributed by atoms with E-state index in [1.165, 1.54) is 11.8 Å². The molecule has 0 spiro atoms. The third-order valence-corrected chi connectivity index (χ3v) is 6.09. The molecule has 0 aliphatic rings. The Labute approximate surface area is 195 Å². The highest BCUT2D eigenvalue weighted by atomic mass is 32.2. The molecule has 172 valence electrons. The van der Waals surface area contributed by atoms with Crippen LogP contribution in [0.5, 0.6) is 23.0 Å². The predicted molar refractivity (Wildman–Crippen MR) is 125 cm³/mol. The number of benzene rings is 2. The first-order valence-electron chi connectivity index (χ1n) is 10.2. The molecular formula is C23H25N5O4S. The number of imidazole rings is 1. The molecule has 0 radical (unpaired) electrons. The normalized spacial score (nSPS) is 10.9. The number of aromatic nitrogens is 4. The molecule has 0 aliphatic heterocycles. The van der Waals surface area contributed by atoms with Crippen LogP contribution in [0.3, 0.4) is 0 Å². The van der Waals surface area contributed by atoms with Gasteiger partial charge in [0.15, 0.2) is 27.8 Å². The maximum Gasteiger partial charge on any atom is 0.173 e. The monoisotopic (exact) mass is 467 g/mol. The first-order valence-corrected chi connectivity index (χ1v) is 11.0. The van der Waals surface area contributed by atoms with Crippen LogP contribution in [0.25, 0.3) is 11.2 Å². The maximum atomic E-state index is 8.21. The molecule has 0 bridgehead atoms. The molecule has 2 aromatic carbocycles. The summed E-state index contributed by atoms with van der Waals surface area (Å²) >= 11 is 1.41. The molecule has 0 aliphatic carbocycles. The zero-order valence-corrected chi connectivity index (χ0v) is 19.7. The van der Waals surface area contributed by atoms with Gasteiger partial charge in [-0.1, -0.05) is 6.07 Å². The second-order valence-corrected chi connectivity index (χ2v) is 8.12. The van der Waals surface area contributed by atoms with Crippen LogP contribution in [-0.2, 0) is 13.0 Å². The van der Waals surface area contributed by atoms with Crippen LogP contribution in [-0.4, -0.2) is 48.0 Å². The Morgan fingerprint density at radius 2 is 1.70 bits per heavy atom. The number of methoxy groups -OCH3 is 4. The van der Waals surface area contributed by atoms with E-state index >= 15 is 0 Å². The Morgan fingerprint density at radius 3 is 2.42 bits per heavy atom. The molecular weight excluding hydrogens is 442 g/mol. The van der Waals surface area contributed by atoms with Crippen LogP contribution in [0.15, 0.2) is 52.8 Å². The number of hydrogen-bond donors (Lipinski definition) is 2. The summed E-state index contributed by atoms with van der Waals surface area (Å²) in [6.07, 6.45) is 2.38. The van der Waals surface area contributed by atoms with Gasteiger partial charge in [-0.25, -0.2) is 9.97 Å². The van der Waals surface area contributed by atoms with Gasteiger partial charge in [0.25, 0.3) is 0 Å². The van der Waals surface area contributed by atoms with Crippen LogP contribution in [0.1, 0.15) is 5.56 Å². The molecule has 0 saturated carbocycles. The minimum absolute atomic E-state index is 0.143. The quantitative estimate of drug-likeness (QED) is 0.387. The highest BCUT2D eigenvalue weighted by molar-refractivity contribution is 7.99. The topological polar surface area (TPSA) is 107 Å². The summed E-state index contributed by atoms with van der Waals surface area (Å²) in [5.41, 5.74) is 2.48. The number of ether oxygens (including phenoxy) is 4. The van der Waals surface area contributed by atoms with Gasteiger partial charge >= 0.3 is 0 Å². The lowest BCUT2D eigenvalue weighted by Crippen LogP contribution is -2.13. The molecule has 0 saturated heterocycles. The second-order valence-electron chi connectivity index (χ2n) is 7.09. The Balaban J connectivity index is 1.62. The summed E-state index contributed by atoms with van der Waals surface area (Å²) in [6, 6.07) is 11.4. The Hall–Kier alpha value is -3.66. The SMILES string of the molecule is COc1ccc(OC)c(Sc2nc3c([nH]2)c(=N)ncn3CCc2ccc(OC)c(OC)c2)c1. The van der Waals surface area contributed by atoms with E-state index in [-0.39, 0.29) is 5.49 Å². The van der Waals surface area contributed by atoms with E-state index in [4.69, 9.17) is 29.3 Å². The minimum atomic E-state index is 0.143. The average molecular weight is 468 g/mol. The minimum Gasteiger partial charge on any atom is -0.497 e. The van der Waals surface area contributed by atoms with E-state index in [0.29, 0.717) is 40.1 Å². The largest absolute Gasteiger partial charge is 0.497 e. The van der Waals surface area contributed by atoms with Crippen LogP contribution in [0, 0.1) is 5.41 Å². The fourth-order valence-electron chi connectivity index (χ4n) is 3.43. The number of fused-ring (bicyclic) bond motifs is 1. The number of H-pyrrole nitrogens is 1. The van der Waals surface area contributed by atoms with E-state index in [1.807, 2.05) is 41.0 Å². The molecule has 2 aromatic heterocycles. The van der Waals surface area contributed by atoms with Gasteiger partial charge < -0.3 is 28.5 Å². The van der Waals surface area contributed by atoms with Gasteiger partial charge in [0.1, 0.15) is 17.0 Å². The lowest BCUT2D eigenvalue weighted by atomic mass is 10.1. The van der Waals surface area contributed by atoms with E-state index in [0.717, 1.165) is 22.6 Å². The first kappa shape index (κ1) is 22.5. The Kier molecular flexibility index (Phi) is 6.74. The van der Waals surface area contributed by atoms with Crippen LogP contribution in [0.4, 0.5) is 0 Å². The Bertz CT molecular complexity index is 1330.